The van der Waals surface area contributed by atoms with Crippen molar-refractivity contribution >= 4 is 36.1 Å². The van der Waals surface area contributed by atoms with Gasteiger partial charge in [-0.2, -0.15) is 0 Å². The van der Waals surface area contributed by atoms with Crippen LogP contribution in [0.15, 0.2) is 60.7 Å². The molecule has 0 saturated heterocycles. The van der Waals surface area contributed by atoms with Crippen molar-refractivity contribution in [3.63, 3.8) is 0 Å². The molecule has 2 rings (SSSR count). The molecule has 0 bridgehead atoms. The van der Waals surface area contributed by atoms with Crippen molar-refractivity contribution in [3.8, 4) is 0 Å². The zero-order valence-corrected chi connectivity index (χ0v) is 15.8. The highest BCUT2D eigenvalue weighted by molar-refractivity contribution is 5.74. The second kappa shape index (κ2) is 11.4. The lowest BCUT2D eigenvalue weighted by molar-refractivity contribution is -0.104. The molecule has 2 aromatic carbocycles. The minimum Gasteiger partial charge on any atom is -0.378 e. The van der Waals surface area contributed by atoms with Crippen LogP contribution in [-0.2, 0) is 9.59 Å². The minimum atomic E-state index is 0.778. The summed E-state index contributed by atoms with van der Waals surface area (Å²) in [4.78, 5) is 24.2. The van der Waals surface area contributed by atoms with Crippen LogP contribution in [0.2, 0.25) is 0 Å². The number of hydrogen-bond donors (Lipinski definition) is 0. The summed E-state index contributed by atoms with van der Waals surface area (Å²) in [5.74, 6) is 0. The Morgan fingerprint density at radius 1 is 0.577 bits per heavy atom. The fraction of sp³-hybridized carbons (Fsp3) is 0.182. The largest absolute Gasteiger partial charge is 0.378 e. The first-order chi connectivity index (χ1) is 12.5. The van der Waals surface area contributed by atoms with E-state index in [1.54, 1.807) is 12.2 Å². The quantitative estimate of drug-likeness (QED) is 0.585. The maximum atomic E-state index is 10.1. The van der Waals surface area contributed by atoms with E-state index in [9.17, 15) is 9.59 Å². The summed E-state index contributed by atoms with van der Waals surface area (Å²) >= 11 is 0. The SMILES string of the molecule is CN(C)c1ccc(C=CC=O)cc1.CN(C)c1ccc(C=CC=O)cc1. The van der Waals surface area contributed by atoms with E-state index in [0.29, 0.717) is 0 Å². The number of carbonyl (C=O) groups excluding carboxylic acids is 2. The molecule has 0 aliphatic carbocycles. The van der Waals surface area contributed by atoms with Crippen molar-refractivity contribution in [2.45, 2.75) is 0 Å². The van der Waals surface area contributed by atoms with E-state index in [1.165, 1.54) is 12.2 Å². The normalized spacial score (nSPS) is 10.3. The lowest BCUT2D eigenvalue weighted by Gasteiger charge is -2.11. The van der Waals surface area contributed by atoms with Gasteiger partial charge < -0.3 is 9.80 Å². The number of rotatable bonds is 6. The maximum Gasteiger partial charge on any atom is 0.142 e. The average Bonchev–Trinajstić information content (AvgIpc) is 2.66. The maximum absolute atomic E-state index is 10.1. The van der Waals surface area contributed by atoms with Gasteiger partial charge in [0, 0.05) is 39.6 Å². The number of aldehydes is 2. The van der Waals surface area contributed by atoms with Crippen molar-refractivity contribution in [1.29, 1.82) is 0 Å². The molecule has 0 amide bonds. The Morgan fingerprint density at radius 3 is 1.12 bits per heavy atom. The van der Waals surface area contributed by atoms with Gasteiger partial charge in [-0.15, -0.1) is 0 Å². The molecule has 0 radical (unpaired) electrons. The molecule has 4 nitrogen and oxygen atoms in total. The summed E-state index contributed by atoms with van der Waals surface area (Å²) in [7, 11) is 7.99. The Kier molecular flexibility index (Phi) is 9.18. The topological polar surface area (TPSA) is 40.6 Å². The second-order valence-corrected chi connectivity index (χ2v) is 5.96. The number of allylic oxidation sites excluding steroid dienone is 2. The highest BCUT2D eigenvalue weighted by Crippen LogP contribution is 2.13. The third-order valence-electron chi connectivity index (χ3n) is 3.55. The van der Waals surface area contributed by atoms with E-state index in [2.05, 4.69) is 0 Å². The van der Waals surface area contributed by atoms with Crippen molar-refractivity contribution in [2.24, 2.45) is 0 Å². The van der Waals surface area contributed by atoms with E-state index in [0.717, 1.165) is 35.1 Å². The van der Waals surface area contributed by atoms with Crippen LogP contribution in [0.1, 0.15) is 11.1 Å². The molecule has 0 N–H and O–H groups in total. The number of nitrogens with zero attached hydrogens (tertiary/aromatic N) is 2. The zero-order valence-electron chi connectivity index (χ0n) is 15.8. The Hall–Kier alpha value is -3.14. The Balaban J connectivity index is 0.000000260. The van der Waals surface area contributed by atoms with Crippen LogP contribution in [0.5, 0.6) is 0 Å². The summed E-state index contributed by atoms with van der Waals surface area (Å²) < 4.78 is 0. The molecule has 136 valence electrons. The molecule has 0 unspecified atom stereocenters. The van der Waals surface area contributed by atoms with Gasteiger partial charge in [0.1, 0.15) is 12.6 Å². The van der Waals surface area contributed by atoms with Gasteiger partial charge in [-0.1, -0.05) is 36.4 Å². The highest BCUT2D eigenvalue weighted by Gasteiger charge is 1.93. The lowest BCUT2D eigenvalue weighted by Crippen LogP contribution is -2.07. The van der Waals surface area contributed by atoms with Gasteiger partial charge in [0.25, 0.3) is 0 Å². The van der Waals surface area contributed by atoms with Gasteiger partial charge in [-0.05, 0) is 47.5 Å². The van der Waals surface area contributed by atoms with E-state index in [1.807, 2.05) is 86.5 Å². The summed E-state index contributed by atoms with van der Waals surface area (Å²) in [6.07, 6.45) is 8.11. The summed E-state index contributed by atoms with van der Waals surface area (Å²) in [6, 6.07) is 16.0. The molecule has 0 spiro atoms. The molecule has 2 aromatic rings. The van der Waals surface area contributed by atoms with Crippen LogP contribution >= 0.6 is 0 Å². The van der Waals surface area contributed by atoms with Crippen LogP contribution in [0, 0.1) is 0 Å². The molecular weight excluding hydrogens is 324 g/mol. The molecule has 0 fully saturated rings. The van der Waals surface area contributed by atoms with Crippen molar-refractivity contribution in [3.05, 3.63) is 71.8 Å². The predicted octanol–water partition coefficient (Wildman–Crippen LogP) is 3.93. The first-order valence-electron chi connectivity index (χ1n) is 8.26. The van der Waals surface area contributed by atoms with E-state index >= 15 is 0 Å². The van der Waals surface area contributed by atoms with E-state index in [-0.39, 0.29) is 0 Å². The van der Waals surface area contributed by atoms with E-state index < -0.39 is 0 Å². The second-order valence-electron chi connectivity index (χ2n) is 5.96. The monoisotopic (exact) mass is 350 g/mol. The number of carbonyl (C=O) groups is 2. The minimum absolute atomic E-state index is 0.778. The zero-order chi connectivity index (χ0) is 19.4. The third-order valence-corrected chi connectivity index (χ3v) is 3.55. The van der Waals surface area contributed by atoms with Gasteiger partial charge >= 0.3 is 0 Å². The number of hydrogen-bond acceptors (Lipinski definition) is 4. The van der Waals surface area contributed by atoms with Crippen LogP contribution < -0.4 is 9.80 Å². The first kappa shape index (κ1) is 20.9. The fourth-order valence-corrected chi connectivity index (χ4v) is 2.07. The molecule has 0 atom stereocenters. The highest BCUT2D eigenvalue weighted by atomic mass is 16.1. The Labute approximate surface area is 156 Å². The smallest absolute Gasteiger partial charge is 0.142 e. The molecule has 0 saturated carbocycles. The molecule has 0 aliphatic heterocycles. The number of anilines is 2. The molecule has 26 heavy (non-hydrogen) atoms. The summed E-state index contributed by atoms with van der Waals surface area (Å²) in [6.45, 7) is 0. The van der Waals surface area contributed by atoms with Crippen molar-refractivity contribution in [1.82, 2.24) is 0 Å². The number of benzene rings is 2. The van der Waals surface area contributed by atoms with Crippen molar-refractivity contribution in [2.75, 3.05) is 38.0 Å². The third kappa shape index (κ3) is 7.62. The Bertz CT molecular complexity index is 662. The fourth-order valence-electron chi connectivity index (χ4n) is 2.07. The molecular formula is C22H26N2O2. The standard InChI is InChI=1S/2C11H13NO/c2*1-12(2)11-7-5-10(6-8-11)4-3-9-13/h2*3-9H,1-2H3. The van der Waals surface area contributed by atoms with Gasteiger partial charge in [-0.25, -0.2) is 0 Å². The summed E-state index contributed by atoms with van der Waals surface area (Å²) in [5, 5.41) is 0. The van der Waals surface area contributed by atoms with Crippen LogP contribution in [0.4, 0.5) is 11.4 Å². The van der Waals surface area contributed by atoms with Crippen molar-refractivity contribution < 1.29 is 9.59 Å². The molecule has 0 aromatic heterocycles. The van der Waals surface area contributed by atoms with Crippen LogP contribution in [0.25, 0.3) is 12.2 Å². The van der Waals surface area contributed by atoms with Crippen LogP contribution in [0.3, 0.4) is 0 Å². The first-order valence-corrected chi connectivity index (χ1v) is 8.26. The van der Waals surface area contributed by atoms with Gasteiger partial charge in [-0.3, -0.25) is 9.59 Å². The molecule has 0 aliphatic rings. The van der Waals surface area contributed by atoms with Gasteiger partial charge in [0.15, 0.2) is 0 Å². The molecule has 4 heteroatoms. The van der Waals surface area contributed by atoms with Gasteiger partial charge in [0.2, 0.25) is 0 Å². The average molecular weight is 350 g/mol. The lowest BCUT2D eigenvalue weighted by atomic mass is 10.2. The molecule has 0 heterocycles. The summed E-state index contributed by atoms with van der Waals surface area (Å²) in [5.41, 5.74) is 4.39. The predicted molar refractivity (Wildman–Crippen MR) is 112 cm³/mol. The Morgan fingerprint density at radius 2 is 0.885 bits per heavy atom. The van der Waals surface area contributed by atoms with Crippen LogP contribution in [-0.4, -0.2) is 40.8 Å². The van der Waals surface area contributed by atoms with Gasteiger partial charge in [0.05, 0.1) is 0 Å². The van der Waals surface area contributed by atoms with E-state index in [4.69, 9.17) is 0 Å².